The van der Waals surface area contributed by atoms with E-state index in [9.17, 15) is 13.6 Å². The number of halogens is 2. The number of nitrogens with zero attached hydrogens (tertiary/aromatic N) is 1. The lowest BCUT2D eigenvalue weighted by Gasteiger charge is -2.30. The van der Waals surface area contributed by atoms with E-state index >= 15 is 0 Å². The average Bonchev–Trinajstić information content (AvgIpc) is 3.02. The first-order valence-corrected chi connectivity index (χ1v) is 7.74. The molecule has 1 N–H and O–H groups in total. The molecule has 2 fully saturated rings. The Labute approximate surface area is 119 Å². The highest BCUT2D eigenvalue weighted by atomic mass is 32.2. The molecule has 7 heteroatoms. The van der Waals surface area contributed by atoms with E-state index in [2.05, 4.69) is 10.2 Å². The van der Waals surface area contributed by atoms with Crippen LogP contribution in [0.25, 0.3) is 0 Å². The van der Waals surface area contributed by atoms with Crippen molar-refractivity contribution in [3.8, 4) is 0 Å². The lowest BCUT2D eigenvalue weighted by Crippen LogP contribution is -2.38. The predicted molar refractivity (Wildman–Crippen MR) is 71.2 cm³/mol. The Kier molecular flexibility index (Phi) is 3.98. The van der Waals surface area contributed by atoms with Crippen molar-refractivity contribution >= 4 is 17.7 Å². The molecule has 2 unspecified atom stereocenters. The summed E-state index contributed by atoms with van der Waals surface area (Å²) in [5.74, 6) is -1.08. The Hall–Kier alpha value is -1.08. The number of rotatable bonds is 4. The fourth-order valence-electron chi connectivity index (χ4n) is 2.86. The van der Waals surface area contributed by atoms with Gasteiger partial charge in [-0.05, 0) is 25.0 Å². The standard InChI is InChI=1S/C13H16F2N2O2S/c14-13(15)20-7-8-4-5-10(19-8)11-16-12(18)9-3-1-2-6-17(9)11/h4-5,9,11,13H,1-3,6-7H2,(H,16,18). The fourth-order valence-corrected chi connectivity index (χ4v) is 3.30. The van der Waals surface area contributed by atoms with Crippen molar-refractivity contribution in [1.82, 2.24) is 10.2 Å². The largest absolute Gasteiger partial charge is 0.462 e. The van der Waals surface area contributed by atoms with Gasteiger partial charge in [-0.2, -0.15) is 8.78 Å². The lowest BCUT2D eigenvalue weighted by molar-refractivity contribution is -0.122. The SMILES string of the molecule is O=C1NC(c2ccc(CSC(F)F)o2)N2CCCCC12. The molecule has 0 aliphatic carbocycles. The maximum atomic E-state index is 12.2. The monoisotopic (exact) mass is 302 g/mol. The summed E-state index contributed by atoms with van der Waals surface area (Å²) in [6.45, 7) is 0.857. The topological polar surface area (TPSA) is 45.5 Å². The minimum absolute atomic E-state index is 0.0367. The Bertz CT molecular complexity index is 494. The zero-order chi connectivity index (χ0) is 14.1. The van der Waals surface area contributed by atoms with Crippen LogP contribution >= 0.6 is 11.8 Å². The highest BCUT2D eigenvalue weighted by Crippen LogP contribution is 2.33. The first-order chi connectivity index (χ1) is 9.65. The number of piperidine rings is 1. The number of hydrogen-bond donors (Lipinski definition) is 1. The molecular formula is C13H16F2N2O2S. The van der Waals surface area contributed by atoms with Crippen molar-refractivity contribution in [3.63, 3.8) is 0 Å². The van der Waals surface area contributed by atoms with Gasteiger partial charge in [0.1, 0.15) is 17.7 Å². The summed E-state index contributed by atoms with van der Waals surface area (Å²) in [6.07, 6.45) is 2.75. The van der Waals surface area contributed by atoms with E-state index in [1.54, 1.807) is 12.1 Å². The van der Waals surface area contributed by atoms with E-state index < -0.39 is 5.76 Å². The zero-order valence-electron chi connectivity index (χ0n) is 10.9. The van der Waals surface area contributed by atoms with Crippen LogP contribution in [0.3, 0.4) is 0 Å². The van der Waals surface area contributed by atoms with Crippen LogP contribution in [0.1, 0.15) is 36.9 Å². The van der Waals surface area contributed by atoms with Crippen LogP contribution in [-0.4, -0.2) is 29.2 Å². The van der Waals surface area contributed by atoms with E-state index in [4.69, 9.17) is 4.42 Å². The molecule has 2 atom stereocenters. The lowest BCUT2D eigenvalue weighted by atomic mass is 10.0. The third-order valence-electron chi connectivity index (χ3n) is 3.76. The van der Waals surface area contributed by atoms with Gasteiger partial charge in [0.15, 0.2) is 0 Å². The van der Waals surface area contributed by atoms with Gasteiger partial charge in [0.05, 0.1) is 11.8 Å². The van der Waals surface area contributed by atoms with Crippen LogP contribution in [0.5, 0.6) is 0 Å². The molecule has 0 radical (unpaired) electrons. The summed E-state index contributed by atoms with van der Waals surface area (Å²) in [5.41, 5.74) is 0. The van der Waals surface area contributed by atoms with Crippen LogP contribution < -0.4 is 5.32 Å². The third kappa shape index (κ3) is 2.69. The van der Waals surface area contributed by atoms with Gasteiger partial charge in [-0.15, -0.1) is 0 Å². The number of hydrogen-bond acceptors (Lipinski definition) is 4. The van der Waals surface area contributed by atoms with Crippen molar-refractivity contribution in [3.05, 3.63) is 23.7 Å². The Morgan fingerprint density at radius 2 is 2.30 bits per heavy atom. The number of alkyl halides is 2. The summed E-state index contributed by atoms with van der Waals surface area (Å²) in [7, 11) is 0. The van der Waals surface area contributed by atoms with Gasteiger partial charge in [0, 0.05) is 6.54 Å². The molecule has 0 aromatic carbocycles. The van der Waals surface area contributed by atoms with Crippen molar-refractivity contribution in [2.45, 2.75) is 43.0 Å². The molecule has 0 bridgehead atoms. The molecule has 110 valence electrons. The molecule has 1 aromatic rings. The normalized spacial score (nSPS) is 26.9. The van der Waals surface area contributed by atoms with Gasteiger partial charge >= 0.3 is 0 Å². The molecule has 0 spiro atoms. The van der Waals surface area contributed by atoms with Crippen molar-refractivity contribution in [2.24, 2.45) is 0 Å². The van der Waals surface area contributed by atoms with E-state index in [1.807, 2.05) is 0 Å². The molecule has 2 aliphatic heterocycles. The van der Waals surface area contributed by atoms with E-state index in [0.717, 1.165) is 25.8 Å². The maximum absolute atomic E-state index is 12.2. The molecule has 1 amide bonds. The maximum Gasteiger partial charge on any atom is 0.284 e. The van der Waals surface area contributed by atoms with Crippen LogP contribution in [0, 0.1) is 0 Å². The molecule has 4 nitrogen and oxygen atoms in total. The van der Waals surface area contributed by atoms with Crippen molar-refractivity contribution < 1.29 is 18.0 Å². The van der Waals surface area contributed by atoms with E-state index in [0.29, 0.717) is 23.3 Å². The number of thioether (sulfide) groups is 1. The Morgan fingerprint density at radius 3 is 3.10 bits per heavy atom. The number of furan rings is 1. The average molecular weight is 302 g/mol. The second-order valence-corrected chi connectivity index (χ2v) is 6.01. The van der Waals surface area contributed by atoms with Crippen LogP contribution in [0.4, 0.5) is 8.78 Å². The van der Waals surface area contributed by atoms with Gasteiger partial charge in [-0.3, -0.25) is 9.69 Å². The van der Waals surface area contributed by atoms with E-state index in [-0.39, 0.29) is 23.9 Å². The fraction of sp³-hybridized carbons (Fsp3) is 0.615. The number of fused-ring (bicyclic) bond motifs is 1. The summed E-state index contributed by atoms with van der Waals surface area (Å²) in [4.78, 5) is 14.0. The van der Waals surface area contributed by atoms with Crippen molar-refractivity contribution in [1.29, 1.82) is 0 Å². The van der Waals surface area contributed by atoms with Gasteiger partial charge in [0.25, 0.3) is 5.76 Å². The molecule has 0 saturated carbocycles. The minimum atomic E-state index is -2.40. The molecule has 3 heterocycles. The summed E-state index contributed by atoms with van der Waals surface area (Å²) >= 11 is 0.536. The highest BCUT2D eigenvalue weighted by Gasteiger charge is 2.42. The van der Waals surface area contributed by atoms with Gasteiger partial charge in [-0.1, -0.05) is 18.2 Å². The van der Waals surface area contributed by atoms with Crippen molar-refractivity contribution in [2.75, 3.05) is 6.54 Å². The number of nitrogens with one attached hydrogen (secondary N) is 1. The second kappa shape index (κ2) is 5.73. The zero-order valence-corrected chi connectivity index (χ0v) is 11.7. The number of amides is 1. The first-order valence-electron chi connectivity index (χ1n) is 6.69. The molecule has 3 rings (SSSR count). The Balaban J connectivity index is 1.71. The molecular weight excluding hydrogens is 286 g/mol. The van der Waals surface area contributed by atoms with Gasteiger partial charge in [-0.25, -0.2) is 0 Å². The first kappa shape index (κ1) is 13.9. The summed E-state index contributed by atoms with van der Waals surface area (Å²) < 4.78 is 29.9. The molecule has 2 aliphatic rings. The summed E-state index contributed by atoms with van der Waals surface area (Å²) in [5, 5.41) is 2.93. The number of carbonyl (C=O) groups excluding carboxylic acids is 1. The highest BCUT2D eigenvalue weighted by molar-refractivity contribution is 7.98. The molecule has 1 aromatic heterocycles. The minimum Gasteiger partial charge on any atom is -0.462 e. The number of carbonyl (C=O) groups is 1. The van der Waals surface area contributed by atoms with Crippen LogP contribution in [0.15, 0.2) is 16.5 Å². The third-order valence-corrected chi connectivity index (χ3v) is 4.46. The quantitative estimate of drug-likeness (QED) is 0.929. The summed E-state index contributed by atoms with van der Waals surface area (Å²) in [6, 6.07) is 3.40. The molecule has 2 saturated heterocycles. The van der Waals surface area contributed by atoms with Crippen LogP contribution in [0.2, 0.25) is 0 Å². The predicted octanol–water partition coefficient (Wildman–Crippen LogP) is 2.72. The van der Waals surface area contributed by atoms with E-state index in [1.165, 1.54) is 0 Å². The smallest absolute Gasteiger partial charge is 0.284 e. The second-order valence-electron chi connectivity index (χ2n) is 5.04. The Morgan fingerprint density at radius 1 is 1.45 bits per heavy atom. The van der Waals surface area contributed by atoms with Gasteiger partial charge in [0.2, 0.25) is 5.91 Å². The van der Waals surface area contributed by atoms with Crippen LogP contribution in [-0.2, 0) is 10.5 Å². The van der Waals surface area contributed by atoms with Gasteiger partial charge < -0.3 is 9.73 Å². The molecule has 20 heavy (non-hydrogen) atoms.